The molecule has 8 amide bonds. The average molecular weight is 1090 g/mol. The maximum atomic E-state index is 14.1. The normalized spacial score (nSPS) is 15.3. The van der Waals surface area contributed by atoms with E-state index in [0.717, 1.165) is 5.56 Å². The summed E-state index contributed by atoms with van der Waals surface area (Å²) in [6, 6.07) is 1.55. The molecule has 0 radical (unpaired) electrons. The number of imidazole rings is 1. The number of rotatable bonds is 34. The number of aliphatic hydroxyl groups is 1. The number of nitrogens with zero attached hydrogens (tertiary/aromatic N) is 1. The molecule has 26 heteroatoms. The number of amides is 8. The van der Waals surface area contributed by atoms with Gasteiger partial charge in [0, 0.05) is 24.7 Å². The van der Waals surface area contributed by atoms with Gasteiger partial charge in [-0.2, -0.15) is 0 Å². The monoisotopic (exact) mass is 1090 g/mol. The Labute approximate surface area is 451 Å². The first-order valence-electron chi connectivity index (χ1n) is 25.7. The van der Waals surface area contributed by atoms with Crippen LogP contribution in [0.2, 0.25) is 0 Å². The largest absolute Gasteiger partial charge is 0.508 e. The smallest absolute Gasteiger partial charge is 0.326 e. The highest BCUT2D eigenvalue weighted by atomic mass is 16.4. The van der Waals surface area contributed by atoms with Crippen LogP contribution in [-0.2, 0) is 67.2 Å². The number of aromatic nitrogens is 2. The second-order valence-electron chi connectivity index (χ2n) is 19.1. The third-order valence-electron chi connectivity index (χ3n) is 13.0. The zero-order valence-corrected chi connectivity index (χ0v) is 44.5. The number of hydrogen-bond acceptors (Lipinski definition) is 15. The van der Waals surface area contributed by atoms with Crippen molar-refractivity contribution < 1.29 is 68.4 Å². The highest BCUT2D eigenvalue weighted by molar-refractivity contribution is 5.99. The number of nitrogens with two attached hydrogens (primary N) is 2. The van der Waals surface area contributed by atoms with E-state index >= 15 is 0 Å². The summed E-state index contributed by atoms with van der Waals surface area (Å²) in [6.07, 6.45) is 2.75. The first-order valence-corrected chi connectivity index (χ1v) is 25.7. The van der Waals surface area contributed by atoms with Gasteiger partial charge in [-0.1, -0.05) is 83.0 Å². The molecule has 26 nitrogen and oxygen atoms in total. The van der Waals surface area contributed by atoms with Crippen LogP contribution in [0.1, 0.15) is 90.0 Å². The lowest BCUT2D eigenvalue weighted by Gasteiger charge is -2.29. The van der Waals surface area contributed by atoms with E-state index in [0.29, 0.717) is 30.5 Å². The number of carbonyl (C=O) groups excluding carboxylic acids is 8. The van der Waals surface area contributed by atoms with E-state index in [2.05, 4.69) is 52.5 Å². The summed E-state index contributed by atoms with van der Waals surface area (Å²) < 4.78 is 0. The maximum Gasteiger partial charge on any atom is 0.326 e. The Bertz CT molecular complexity index is 2460. The van der Waals surface area contributed by atoms with Crippen molar-refractivity contribution in [2.75, 3.05) is 13.2 Å². The standard InChI is InChI=1S/C52H76N12O14/c1-6-28(3)42(64-49(74)40(26-65)62-45(70)35(54)21-31-13-9-8-10-14-31)50(75)58-36(15-11-12-20-53)46(71)60-38(24-41(67)68)47(72)57-30(5)44(69)59-37(22-32-16-18-34(66)19-17-32)48(73)63-43(29(4)7-2)51(76)61-39(52(77)78)23-33-25-55-27-56-33/h8-10,13-14,16-19,25,27-30,35-40,42-43,65-66H,6-7,11-12,15,20-24,26,53-54H2,1-5H3,(H,55,56)(H,57,72)(H,58,75)(H,59,69)(H,60,71)(H,61,76)(H,62,70)(H,63,73)(H,64,74)(H,67,68)(H,77,78)/t28-,29-,30-,35-,36-,37-,38-,39-,40-,42-,43-/m0/s1. The summed E-state index contributed by atoms with van der Waals surface area (Å²) >= 11 is 0. The predicted octanol–water partition coefficient (Wildman–Crippen LogP) is -1.86. The zero-order valence-electron chi connectivity index (χ0n) is 44.5. The number of carbonyl (C=O) groups is 10. The van der Waals surface area contributed by atoms with Gasteiger partial charge >= 0.3 is 11.9 Å². The van der Waals surface area contributed by atoms with Gasteiger partial charge in [0.25, 0.3) is 0 Å². The summed E-state index contributed by atoms with van der Waals surface area (Å²) in [5.41, 5.74) is 13.4. The summed E-state index contributed by atoms with van der Waals surface area (Å²) in [6.45, 7) is 7.32. The van der Waals surface area contributed by atoms with Crippen molar-refractivity contribution in [1.29, 1.82) is 0 Å². The van der Waals surface area contributed by atoms with Gasteiger partial charge in [-0.05, 0) is 74.2 Å². The number of nitrogens with one attached hydrogen (secondary N) is 9. The molecule has 0 saturated carbocycles. The van der Waals surface area contributed by atoms with Gasteiger partial charge in [0.1, 0.15) is 54.1 Å². The number of carboxylic acid groups (broad SMARTS) is 2. The summed E-state index contributed by atoms with van der Waals surface area (Å²) in [7, 11) is 0. The van der Waals surface area contributed by atoms with Crippen molar-refractivity contribution >= 4 is 59.2 Å². The van der Waals surface area contributed by atoms with E-state index in [1.165, 1.54) is 43.7 Å². The predicted molar refractivity (Wildman–Crippen MR) is 282 cm³/mol. The molecule has 0 unspecified atom stereocenters. The third-order valence-corrected chi connectivity index (χ3v) is 13.0. The number of H-pyrrole nitrogens is 1. The van der Waals surface area contributed by atoms with Crippen molar-refractivity contribution in [2.45, 2.75) is 147 Å². The molecular weight excluding hydrogens is 1020 g/mol. The van der Waals surface area contributed by atoms with Crippen LogP contribution in [-0.4, -0.2) is 157 Å². The molecule has 0 aliphatic carbocycles. The average Bonchev–Trinajstić information content (AvgIpc) is 3.93. The van der Waals surface area contributed by atoms with Crippen LogP contribution < -0.4 is 54.0 Å². The molecule has 0 fully saturated rings. The Morgan fingerprint density at radius 3 is 1.62 bits per heavy atom. The fourth-order valence-electron chi connectivity index (χ4n) is 7.86. The van der Waals surface area contributed by atoms with Gasteiger partial charge in [0.15, 0.2) is 0 Å². The first kappa shape index (κ1) is 64.3. The number of hydrogen-bond donors (Lipinski definition) is 15. The Kier molecular flexibility index (Phi) is 26.9. The molecule has 0 spiro atoms. The molecule has 3 rings (SSSR count). The molecular formula is C52H76N12O14. The minimum atomic E-state index is -1.85. The second kappa shape index (κ2) is 32.6. The van der Waals surface area contributed by atoms with Crippen LogP contribution in [0.4, 0.5) is 0 Å². The maximum absolute atomic E-state index is 14.1. The summed E-state index contributed by atoms with van der Waals surface area (Å²) in [5.74, 6) is -11.5. The molecule has 1 aromatic heterocycles. The van der Waals surface area contributed by atoms with E-state index in [1.807, 2.05) is 0 Å². The second-order valence-corrected chi connectivity index (χ2v) is 19.1. The molecule has 0 saturated heterocycles. The van der Waals surface area contributed by atoms with Gasteiger partial charge in [-0.3, -0.25) is 43.2 Å². The van der Waals surface area contributed by atoms with Crippen LogP contribution in [0.15, 0.2) is 67.1 Å². The summed E-state index contributed by atoms with van der Waals surface area (Å²) in [5, 5.41) is 59.6. The quantitative estimate of drug-likeness (QED) is 0.0292. The van der Waals surface area contributed by atoms with Crippen LogP contribution in [0.25, 0.3) is 0 Å². The number of carboxylic acids is 2. The Balaban J connectivity index is 1.81. The van der Waals surface area contributed by atoms with Crippen molar-refractivity contribution in [3.8, 4) is 5.75 Å². The minimum Gasteiger partial charge on any atom is -0.508 e. The van der Waals surface area contributed by atoms with Gasteiger partial charge in [-0.25, -0.2) is 9.78 Å². The lowest BCUT2D eigenvalue weighted by molar-refractivity contribution is -0.143. The first-order chi connectivity index (χ1) is 37.0. The number of aliphatic carboxylic acids is 2. The molecule has 0 aliphatic heterocycles. The fourth-order valence-corrected chi connectivity index (χ4v) is 7.86. The number of benzene rings is 2. The number of aromatic hydroxyl groups is 1. The number of aliphatic hydroxyl groups excluding tert-OH is 1. The molecule has 1 heterocycles. The van der Waals surface area contributed by atoms with Gasteiger partial charge in [0.2, 0.25) is 47.3 Å². The van der Waals surface area contributed by atoms with E-state index < -0.39 is 138 Å². The molecule has 428 valence electrons. The number of unbranched alkanes of at least 4 members (excludes halogenated alkanes) is 1. The number of phenolic OH excluding ortho intramolecular Hbond substituents is 1. The lowest BCUT2D eigenvalue weighted by atomic mass is 9.96. The lowest BCUT2D eigenvalue weighted by Crippen LogP contribution is -2.61. The van der Waals surface area contributed by atoms with Crippen molar-refractivity contribution in [3.05, 3.63) is 83.9 Å². The van der Waals surface area contributed by atoms with Crippen molar-refractivity contribution in [2.24, 2.45) is 23.3 Å². The van der Waals surface area contributed by atoms with Crippen LogP contribution in [0, 0.1) is 11.8 Å². The molecule has 78 heavy (non-hydrogen) atoms. The topological polar surface area (TPSA) is 429 Å². The molecule has 0 bridgehead atoms. The van der Waals surface area contributed by atoms with Crippen molar-refractivity contribution in [1.82, 2.24) is 52.5 Å². The summed E-state index contributed by atoms with van der Waals surface area (Å²) in [4.78, 5) is 141. The molecule has 0 aliphatic rings. The number of aromatic amines is 1. The molecule has 3 aromatic rings. The highest BCUT2D eigenvalue weighted by Gasteiger charge is 2.37. The van der Waals surface area contributed by atoms with E-state index in [1.54, 1.807) is 58.0 Å². The Morgan fingerprint density at radius 1 is 0.577 bits per heavy atom. The van der Waals surface area contributed by atoms with Gasteiger partial charge in [0.05, 0.1) is 25.4 Å². The van der Waals surface area contributed by atoms with E-state index in [-0.39, 0.29) is 44.4 Å². The van der Waals surface area contributed by atoms with E-state index in [4.69, 9.17) is 11.5 Å². The van der Waals surface area contributed by atoms with Gasteiger partial charge in [-0.15, -0.1) is 0 Å². The third kappa shape index (κ3) is 21.2. The SMILES string of the molecule is CC[C@H](C)[C@H](NC(=O)[C@H](Cc1ccc(O)cc1)NC(=O)[C@H](C)NC(=O)[C@H](CC(=O)O)NC(=O)[C@H](CCCCN)NC(=O)[C@@H](NC(=O)[C@H](CO)NC(=O)[C@@H](N)Cc1ccccc1)[C@@H](C)CC)C(=O)N[C@@H](Cc1cnc[nH]1)C(=O)O. The molecule has 11 atom stereocenters. The Hall–Kier alpha value is -7.97. The van der Waals surface area contributed by atoms with E-state index in [9.17, 15) is 68.4 Å². The van der Waals surface area contributed by atoms with Crippen LogP contribution >= 0.6 is 0 Å². The highest BCUT2D eigenvalue weighted by Crippen LogP contribution is 2.15. The molecule has 17 N–H and O–H groups in total. The zero-order chi connectivity index (χ0) is 58.1. The molecule has 2 aromatic carbocycles. The van der Waals surface area contributed by atoms with Crippen LogP contribution in [0.3, 0.4) is 0 Å². The number of phenols is 1. The fraction of sp³-hybridized carbons (Fsp3) is 0.519. The van der Waals surface area contributed by atoms with Crippen molar-refractivity contribution in [3.63, 3.8) is 0 Å². The van der Waals surface area contributed by atoms with Crippen LogP contribution in [0.5, 0.6) is 5.75 Å². The Morgan fingerprint density at radius 2 is 1.09 bits per heavy atom. The minimum absolute atomic E-state index is 0.0693. The van der Waals surface area contributed by atoms with Gasteiger partial charge < -0.3 is 79.4 Å².